The van der Waals surface area contributed by atoms with Crippen molar-refractivity contribution in [2.24, 2.45) is 5.73 Å². The van der Waals surface area contributed by atoms with E-state index in [-0.39, 0.29) is 6.04 Å². The standard InChI is InChI=1S/C9H11BrClNO/c1-5(12)9(13)6-2-3-8(11)7(10)4-6/h2-5,9,13H,12H2,1H3. The van der Waals surface area contributed by atoms with Crippen LogP contribution in [0.3, 0.4) is 0 Å². The molecular formula is C9H11BrClNO. The molecule has 0 bridgehead atoms. The van der Waals surface area contributed by atoms with Gasteiger partial charge in [0.1, 0.15) is 0 Å². The van der Waals surface area contributed by atoms with Gasteiger partial charge >= 0.3 is 0 Å². The van der Waals surface area contributed by atoms with Gasteiger partial charge in [0.2, 0.25) is 0 Å². The summed E-state index contributed by atoms with van der Waals surface area (Å²) in [5, 5.41) is 10.2. The van der Waals surface area contributed by atoms with Gasteiger partial charge < -0.3 is 10.8 Å². The highest BCUT2D eigenvalue weighted by Gasteiger charge is 2.12. The molecule has 0 fully saturated rings. The minimum Gasteiger partial charge on any atom is -0.387 e. The highest BCUT2D eigenvalue weighted by Crippen LogP contribution is 2.26. The first-order valence-electron chi connectivity index (χ1n) is 3.91. The summed E-state index contributed by atoms with van der Waals surface area (Å²) in [5.74, 6) is 0. The van der Waals surface area contributed by atoms with Crippen LogP contribution in [0.4, 0.5) is 0 Å². The van der Waals surface area contributed by atoms with Crippen LogP contribution in [0, 0.1) is 0 Å². The normalized spacial score (nSPS) is 15.5. The largest absolute Gasteiger partial charge is 0.387 e. The Bertz CT molecular complexity index is 304. The van der Waals surface area contributed by atoms with Crippen LogP contribution in [0.15, 0.2) is 22.7 Å². The average Bonchev–Trinajstić information content (AvgIpc) is 2.08. The number of nitrogens with two attached hydrogens (primary N) is 1. The van der Waals surface area contributed by atoms with Gasteiger partial charge in [-0.3, -0.25) is 0 Å². The van der Waals surface area contributed by atoms with Crippen LogP contribution in [0.25, 0.3) is 0 Å². The Hall–Kier alpha value is -0.0900. The molecule has 1 rings (SSSR count). The smallest absolute Gasteiger partial charge is 0.0938 e. The average molecular weight is 265 g/mol. The van der Waals surface area contributed by atoms with E-state index in [0.29, 0.717) is 5.02 Å². The summed E-state index contributed by atoms with van der Waals surface area (Å²) >= 11 is 9.08. The van der Waals surface area contributed by atoms with Crippen LogP contribution >= 0.6 is 27.5 Å². The van der Waals surface area contributed by atoms with Gasteiger partial charge in [0.05, 0.1) is 11.1 Å². The molecule has 0 amide bonds. The Morgan fingerprint density at radius 2 is 2.15 bits per heavy atom. The van der Waals surface area contributed by atoms with E-state index in [2.05, 4.69) is 15.9 Å². The molecule has 0 saturated heterocycles. The van der Waals surface area contributed by atoms with E-state index in [9.17, 15) is 5.11 Å². The van der Waals surface area contributed by atoms with E-state index < -0.39 is 6.10 Å². The molecule has 0 aromatic heterocycles. The molecule has 0 radical (unpaired) electrons. The topological polar surface area (TPSA) is 46.2 Å². The summed E-state index contributed by atoms with van der Waals surface area (Å²) in [7, 11) is 0. The van der Waals surface area contributed by atoms with Gasteiger partial charge in [0.15, 0.2) is 0 Å². The van der Waals surface area contributed by atoms with Crippen LogP contribution in [-0.2, 0) is 0 Å². The van der Waals surface area contributed by atoms with Crippen LogP contribution in [0.2, 0.25) is 5.02 Å². The highest BCUT2D eigenvalue weighted by molar-refractivity contribution is 9.10. The van der Waals surface area contributed by atoms with Crippen molar-refractivity contribution in [2.45, 2.75) is 19.1 Å². The third-order valence-corrected chi connectivity index (χ3v) is 3.00. The van der Waals surface area contributed by atoms with Gasteiger partial charge in [-0.1, -0.05) is 17.7 Å². The van der Waals surface area contributed by atoms with Gasteiger partial charge in [-0.25, -0.2) is 0 Å². The van der Waals surface area contributed by atoms with Crippen molar-refractivity contribution in [2.75, 3.05) is 0 Å². The first-order valence-corrected chi connectivity index (χ1v) is 5.08. The molecule has 0 spiro atoms. The van der Waals surface area contributed by atoms with Crippen LogP contribution in [0.1, 0.15) is 18.6 Å². The van der Waals surface area contributed by atoms with Crippen molar-refractivity contribution in [3.8, 4) is 0 Å². The molecule has 3 N–H and O–H groups in total. The number of hydrogen-bond donors (Lipinski definition) is 2. The number of benzene rings is 1. The molecule has 0 saturated carbocycles. The van der Waals surface area contributed by atoms with Gasteiger partial charge in [0.25, 0.3) is 0 Å². The quantitative estimate of drug-likeness (QED) is 0.862. The molecule has 2 unspecified atom stereocenters. The van der Waals surface area contributed by atoms with E-state index in [1.54, 1.807) is 25.1 Å². The van der Waals surface area contributed by atoms with Gasteiger partial charge in [-0.15, -0.1) is 0 Å². The predicted octanol–water partition coefficient (Wildman–Crippen LogP) is 2.48. The molecule has 0 aliphatic rings. The zero-order valence-electron chi connectivity index (χ0n) is 7.17. The number of aliphatic hydroxyl groups is 1. The Morgan fingerprint density at radius 3 is 2.62 bits per heavy atom. The highest BCUT2D eigenvalue weighted by atomic mass is 79.9. The second-order valence-electron chi connectivity index (χ2n) is 2.98. The fraction of sp³-hybridized carbons (Fsp3) is 0.333. The number of aliphatic hydroxyl groups excluding tert-OH is 1. The molecule has 0 aliphatic carbocycles. The maximum Gasteiger partial charge on any atom is 0.0938 e. The molecule has 4 heteroatoms. The van der Waals surface area contributed by atoms with E-state index in [1.165, 1.54) is 0 Å². The summed E-state index contributed by atoms with van der Waals surface area (Å²) in [6, 6.07) is 4.98. The second kappa shape index (κ2) is 4.42. The van der Waals surface area contributed by atoms with E-state index >= 15 is 0 Å². The van der Waals surface area contributed by atoms with Crippen molar-refractivity contribution >= 4 is 27.5 Å². The summed E-state index contributed by atoms with van der Waals surface area (Å²) in [5.41, 5.74) is 6.33. The Balaban J connectivity index is 2.97. The van der Waals surface area contributed by atoms with Crippen LogP contribution in [-0.4, -0.2) is 11.1 Å². The summed E-state index contributed by atoms with van der Waals surface area (Å²) in [4.78, 5) is 0. The minimum atomic E-state index is -0.645. The van der Waals surface area contributed by atoms with Crippen LogP contribution in [0.5, 0.6) is 0 Å². The van der Waals surface area contributed by atoms with E-state index in [4.69, 9.17) is 17.3 Å². The van der Waals surface area contributed by atoms with E-state index in [1.807, 2.05) is 0 Å². The fourth-order valence-electron chi connectivity index (χ4n) is 1.000. The molecule has 1 aromatic rings. The third-order valence-electron chi connectivity index (χ3n) is 1.78. The fourth-order valence-corrected chi connectivity index (χ4v) is 1.51. The van der Waals surface area contributed by atoms with Crippen LogP contribution < -0.4 is 5.73 Å². The van der Waals surface area contributed by atoms with Gasteiger partial charge in [-0.05, 0) is 40.5 Å². The Kier molecular flexibility index (Phi) is 3.74. The Labute approximate surface area is 90.8 Å². The summed E-state index contributed by atoms with van der Waals surface area (Å²) in [6.07, 6.45) is -0.645. The predicted molar refractivity (Wildman–Crippen MR) is 57.8 cm³/mol. The number of halogens is 2. The third kappa shape index (κ3) is 2.68. The maximum atomic E-state index is 9.62. The molecule has 72 valence electrons. The zero-order chi connectivity index (χ0) is 10.0. The first-order chi connectivity index (χ1) is 6.02. The molecule has 2 nitrogen and oxygen atoms in total. The molecule has 13 heavy (non-hydrogen) atoms. The summed E-state index contributed by atoms with van der Waals surface area (Å²) < 4.78 is 0.770. The maximum absolute atomic E-state index is 9.62. The SMILES string of the molecule is CC(N)C(O)c1ccc(Cl)c(Br)c1. The lowest BCUT2D eigenvalue weighted by atomic mass is 10.0. The second-order valence-corrected chi connectivity index (χ2v) is 4.24. The molecule has 0 aliphatic heterocycles. The van der Waals surface area contributed by atoms with Crippen molar-refractivity contribution in [1.82, 2.24) is 0 Å². The van der Waals surface area contributed by atoms with Crippen molar-refractivity contribution in [1.29, 1.82) is 0 Å². The monoisotopic (exact) mass is 263 g/mol. The van der Waals surface area contributed by atoms with Crippen molar-refractivity contribution < 1.29 is 5.11 Å². The lowest BCUT2D eigenvalue weighted by Gasteiger charge is -2.15. The van der Waals surface area contributed by atoms with Crippen molar-refractivity contribution in [3.63, 3.8) is 0 Å². The van der Waals surface area contributed by atoms with Crippen molar-refractivity contribution in [3.05, 3.63) is 33.3 Å². The van der Waals surface area contributed by atoms with Gasteiger partial charge in [-0.2, -0.15) is 0 Å². The lowest BCUT2D eigenvalue weighted by Crippen LogP contribution is -2.24. The van der Waals surface area contributed by atoms with Gasteiger partial charge in [0, 0.05) is 10.5 Å². The molecule has 1 aromatic carbocycles. The molecular weight excluding hydrogens is 253 g/mol. The minimum absolute atomic E-state index is 0.284. The molecule has 0 heterocycles. The zero-order valence-corrected chi connectivity index (χ0v) is 9.51. The number of rotatable bonds is 2. The Morgan fingerprint density at radius 1 is 1.54 bits per heavy atom. The number of hydrogen-bond acceptors (Lipinski definition) is 2. The summed E-state index contributed by atoms with van der Waals surface area (Å²) in [6.45, 7) is 1.76. The lowest BCUT2D eigenvalue weighted by molar-refractivity contribution is 0.153. The molecule has 2 atom stereocenters. The first kappa shape index (κ1) is 11.0. The van der Waals surface area contributed by atoms with E-state index in [0.717, 1.165) is 10.0 Å².